The van der Waals surface area contributed by atoms with Gasteiger partial charge < -0.3 is 10.0 Å². The van der Waals surface area contributed by atoms with Crippen molar-refractivity contribution < 1.29 is 14.7 Å². The highest BCUT2D eigenvalue weighted by atomic mass is 32.1. The third-order valence-corrected chi connectivity index (χ3v) is 4.24. The van der Waals surface area contributed by atoms with Gasteiger partial charge in [-0.1, -0.05) is 0 Å². The predicted octanol–water partition coefficient (Wildman–Crippen LogP) is 1.52. The zero-order chi connectivity index (χ0) is 13.3. The molecule has 0 aliphatic heterocycles. The summed E-state index contributed by atoms with van der Waals surface area (Å²) >= 11 is 1.56. The Morgan fingerprint density at radius 2 is 2.17 bits per heavy atom. The number of carboxylic acid groups (broad SMARTS) is 1. The Bertz CT molecular complexity index is 472. The maximum Gasteiger partial charge on any atom is 0.307 e. The summed E-state index contributed by atoms with van der Waals surface area (Å²) < 4.78 is 0. The van der Waals surface area contributed by atoms with E-state index in [0.29, 0.717) is 19.4 Å². The maximum atomic E-state index is 12.1. The highest BCUT2D eigenvalue weighted by Crippen LogP contribution is 2.36. The maximum absolute atomic E-state index is 12.1. The van der Waals surface area contributed by atoms with Crippen LogP contribution in [0.3, 0.4) is 0 Å². The molecule has 1 aromatic rings. The second kappa shape index (κ2) is 5.06. The van der Waals surface area contributed by atoms with Gasteiger partial charge in [0.2, 0.25) is 5.91 Å². The first-order valence-electron chi connectivity index (χ1n) is 5.88. The first kappa shape index (κ1) is 13.0. The first-order chi connectivity index (χ1) is 8.49. The van der Waals surface area contributed by atoms with Crippen molar-refractivity contribution in [3.63, 3.8) is 0 Å². The van der Waals surface area contributed by atoms with E-state index in [2.05, 4.69) is 4.98 Å². The number of amides is 1. The van der Waals surface area contributed by atoms with E-state index >= 15 is 0 Å². The average molecular weight is 268 g/mol. The number of aromatic nitrogens is 1. The number of aryl methyl sites for hydroxylation is 1. The van der Waals surface area contributed by atoms with E-state index in [-0.39, 0.29) is 11.8 Å². The number of aliphatic carboxylic acids is 1. The van der Waals surface area contributed by atoms with Crippen molar-refractivity contribution in [2.24, 2.45) is 11.8 Å². The molecule has 18 heavy (non-hydrogen) atoms. The number of hydrogen-bond acceptors (Lipinski definition) is 4. The molecule has 0 bridgehead atoms. The number of carboxylic acids is 1. The fourth-order valence-electron chi connectivity index (χ4n) is 2.16. The minimum Gasteiger partial charge on any atom is -0.481 e. The number of carbonyl (C=O) groups excluding carboxylic acids is 1. The third-order valence-electron chi connectivity index (χ3n) is 3.35. The molecular weight excluding hydrogens is 252 g/mol. The molecule has 1 saturated carbocycles. The molecule has 0 radical (unpaired) electrons. The van der Waals surface area contributed by atoms with Crippen LogP contribution in [0.5, 0.6) is 0 Å². The normalized spacial score (nSPS) is 22.3. The van der Waals surface area contributed by atoms with Gasteiger partial charge >= 0.3 is 5.97 Å². The lowest BCUT2D eigenvalue weighted by molar-refractivity contribution is -0.156. The number of thiazole rings is 1. The summed E-state index contributed by atoms with van der Waals surface area (Å²) in [4.78, 5) is 29.8. The van der Waals surface area contributed by atoms with E-state index in [9.17, 15) is 9.59 Å². The van der Waals surface area contributed by atoms with Crippen molar-refractivity contribution in [1.82, 2.24) is 9.88 Å². The molecule has 1 aromatic heterocycles. The Balaban J connectivity index is 1.95. The van der Waals surface area contributed by atoms with Crippen LogP contribution in [0.2, 0.25) is 0 Å². The van der Waals surface area contributed by atoms with E-state index in [1.165, 1.54) is 0 Å². The summed E-state index contributed by atoms with van der Waals surface area (Å²) in [6, 6.07) is 0. The Labute approximate surface area is 109 Å². The van der Waals surface area contributed by atoms with Crippen LogP contribution in [0.25, 0.3) is 0 Å². The molecular formula is C12H16N2O3S. The molecule has 2 unspecified atom stereocenters. The summed E-state index contributed by atoms with van der Waals surface area (Å²) in [6.45, 7) is 2.43. The van der Waals surface area contributed by atoms with E-state index in [4.69, 9.17) is 5.11 Å². The van der Waals surface area contributed by atoms with Gasteiger partial charge in [0, 0.05) is 18.1 Å². The monoisotopic (exact) mass is 268 g/mol. The van der Waals surface area contributed by atoms with Crippen LogP contribution in [-0.2, 0) is 16.1 Å². The number of nitrogens with zero attached hydrogens (tertiary/aromatic N) is 2. The van der Waals surface area contributed by atoms with Crippen LogP contribution < -0.4 is 0 Å². The Morgan fingerprint density at radius 1 is 1.50 bits per heavy atom. The smallest absolute Gasteiger partial charge is 0.307 e. The van der Waals surface area contributed by atoms with Gasteiger partial charge in [-0.05, 0) is 19.8 Å². The summed E-state index contributed by atoms with van der Waals surface area (Å²) in [7, 11) is 1.72. The minimum atomic E-state index is -0.860. The Hall–Kier alpha value is -1.43. The molecule has 1 aliphatic rings. The molecule has 0 saturated heterocycles. The van der Waals surface area contributed by atoms with Gasteiger partial charge in [-0.3, -0.25) is 9.59 Å². The lowest BCUT2D eigenvalue weighted by Crippen LogP contribution is -2.44. The van der Waals surface area contributed by atoms with Crippen molar-refractivity contribution in [3.8, 4) is 0 Å². The average Bonchev–Trinajstić information content (AvgIpc) is 2.61. The Morgan fingerprint density at radius 3 is 2.61 bits per heavy atom. The third kappa shape index (κ3) is 2.53. The molecule has 2 atom stereocenters. The summed E-state index contributed by atoms with van der Waals surface area (Å²) in [5.41, 5.74) is 0. The van der Waals surface area contributed by atoms with Gasteiger partial charge in [0.05, 0.1) is 23.4 Å². The molecule has 6 heteroatoms. The number of rotatable bonds is 4. The number of carbonyl (C=O) groups is 2. The highest BCUT2D eigenvalue weighted by molar-refractivity contribution is 7.11. The van der Waals surface area contributed by atoms with Crippen molar-refractivity contribution in [2.45, 2.75) is 26.3 Å². The second-order valence-electron chi connectivity index (χ2n) is 4.67. The van der Waals surface area contributed by atoms with Crippen LogP contribution >= 0.6 is 11.3 Å². The second-order valence-corrected chi connectivity index (χ2v) is 5.99. The summed E-state index contributed by atoms with van der Waals surface area (Å²) in [6.07, 6.45) is 3.06. The molecule has 1 fully saturated rings. The molecule has 1 N–H and O–H groups in total. The molecule has 1 amide bonds. The lowest BCUT2D eigenvalue weighted by atomic mass is 9.73. The summed E-state index contributed by atoms with van der Waals surface area (Å²) in [5.74, 6) is -1.77. The standard InChI is InChI=1S/C12H16N2O3S/c1-7-13-5-8(18-7)6-14(2)11(15)9-3-4-10(9)12(16)17/h5,9-10H,3-4,6H2,1-2H3,(H,16,17). The Kier molecular flexibility index (Phi) is 3.65. The van der Waals surface area contributed by atoms with Gasteiger partial charge in [0.1, 0.15) is 0 Å². The van der Waals surface area contributed by atoms with Gasteiger partial charge in [-0.25, -0.2) is 4.98 Å². The fourth-order valence-corrected chi connectivity index (χ4v) is 3.01. The summed E-state index contributed by atoms with van der Waals surface area (Å²) in [5, 5.41) is 9.92. The van der Waals surface area contributed by atoms with E-state index < -0.39 is 11.9 Å². The van der Waals surface area contributed by atoms with Crippen LogP contribution in [0.4, 0.5) is 0 Å². The predicted molar refractivity (Wildman–Crippen MR) is 67.2 cm³/mol. The van der Waals surface area contributed by atoms with Crippen LogP contribution in [0, 0.1) is 18.8 Å². The molecule has 0 spiro atoms. The quantitative estimate of drug-likeness (QED) is 0.898. The van der Waals surface area contributed by atoms with E-state index in [1.54, 1.807) is 29.5 Å². The van der Waals surface area contributed by atoms with Gasteiger partial charge in [-0.2, -0.15) is 0 Å². The minimum absolute atomic E-state index is 0.0697. The topological polar surface area (TPSA) is 70.5 Å². The zero-order valence-electron chi connectivity index (χ0n) is 10.4. The fraction of sp³-hybridized carbons (Fsp3) is 0.583. The van der Waals surface area contributed by atoms with Crippen molar-refractivity contribution >= 4 is 23.2 Å². The zero-order valence-corrected chi connectivity index (χ0v) is 11.2. The molecule has 2 rings (SSSR count). The molecule has 1 aliphatic carbocycles. The molecule has 98 valence electrons. The number of hydrogen-bond donors (Lipinski definition) is 1. The van der Waals surface area contributed by atoms with Crippen molar-refractivity contribution in [3.05, 3.63) is 16.1 Å². The van der Waals surface area contributed by atoms with E-state index in [1.807, 2.05) is 6.92 Å². The van der Waals surface area contributed by atoms with Crippen molar-refractivity contribution in [2.75, 3.05) is 7.05 Å². The SMILES string of the molecule is Cc1ncc(CN(C)C(=O)C2CCC2C(=O)O)s1. The molecule has 1 heterocycles. The van der Waals surface area contributed by atoms with Crippen LogP contribution in [0.1, 0.15) is 22.7 Å². The molecule has 0 aromatic carbocycles. The lowest BCUT2D eigenvalue weighted by Gasteiger charge is -2.34. The van der Waals surface area contributed by atoms with Crippen LogP contribution in [-0.4, -0.2) is 33.9 Å². The van der Waals surface area contributed by atoms with Gasteiger partial charge in [0.15, 0.2) is 0 Å². The van der Waals surface area contributed by atoms with E-state index in [0.717, 1.165) is 9.88 Å². The first-order valence-corrected chi connectivity index (χ1v) is 6.69. The van der Waals surface area contributed by atoms with Gasteiger partial charge in [-0.15, -0.1) is 11.3 Å². The van der Waals surface area contributed by atoms with Gasteiger partial charge in [0.25, 0.3) is 0 Å². The van der Waals surface area contributed by atoms with Crippen LogP contribution in [0.15, 0.2) is 6.20 Å². The van der Waals surface area contributed by atoms with Crippen molar-refractivity contribution in [1.29, 1.82) is 0 Å². The highest BCUT2D eigenvalue weighted by Gasteiger charge is 2.42. The largest absolute Gasteiger partial charge is 0.481 e. The molecule has 5 nitrogen and oxygen atoms in total.